The number of nitrogens with one attached hydrogen (secondary N) is 3. The van der Waals surface area contributed by atoms with Crippen LogP contribution in [0.15, 0.2) is 36.1 Å². The Bertz CT molecular complexity index is 1240. The van der Waals surface area contributed by atoms with E-state index in [0.717, 1.165) is 56.0 Å². The van der Waals surface area contributed by atoms with E-state index in [1.807, 2.05) is 26.0 Å². The molecule has 1 saturated heterocycles. The SMILES string of the molecule is CCCc1cc(Nc2nc(OC(=C\F)/C(F)=C\c3[nH]c(C)cc3C)cc(N3CCN(C)CC3)n2)n[nH]1. The van der Waals surface area contributed by atoms with E-state index in [9.17, 15) is 8.78 Å². The van der Waals surface area contributed by atoms with Crippen molar-refractivity contribution < 1.29 is 13.5 Å². The van der Waals surface area contributed by atoms with Crippen molar-refractivity contribution in [1.82, 2.24) is 30.0 Å². The molecule has 192 valence electrons. The number of aromatic nitrogens is 5. The van der Waals surface area contributed by atoms with Gasteiger partial charge in [-0.25, -0.2) is 8.78 Å². The van der Waals surface area contributed by atoms with Gasteiger partial charge in [0.05, 0.1) is 0 Å². The number of aryl methyl sites for hydroxylation is 3. The molecule has 4 heterocycles. The average molecular weight is 499 g/mol. The summed E-state index contributed by atoms with van der Waals surface area (Å²) < 4.78 is 34.3. The molecule has 3 aromatic rings. The summed E-state index contributed by atoms with van der Waals surface area (Å²) >= 11 is 0. The van der Waals surface area contributed by atoms with Crippen LogP contribution in [0.5, 0.6) is 5.88 Å². The van der Waals surface area contributed by atoms with Crippen molar-refractivity contribution in [3.8, 4) is 5.88 Å². The fourth-order valence-corrected chi connectivity index (χ4v) is 3.99. The van der Waals surface area contributed by atoms with Gasteiger partial charge in [0.25, 0.3) is 0 Å². The standard InChI is InChI=1S/C25H32F2N8O/c1-5-6-18-12-22(33-32-18)29-25-30-23(35-9-7-34(4)8-10-35)14-24(31-25)36-21(15-26)19(27)13-20-16(2)11-17(3)28-20/h11-15,28H,5-10H2,1-4H3,(H2,29,30,31,32,33)/b19-13+,21-15-. The Hall–Kier alpha value is -3.73. The second-order valence-corrected chi connectivity index (χ2v) is 8.95. The van der Waals surface area contributed by atoms with Crippen molar-refractivity contribution in [3.63, 3.8) is 0 Å². The van der Waals surface area contributed by atoms with Gasteiger partial charge in [-0.1, -0.05) is 13.3 Å². The zero-order valence-electron chi connectivity index (χ0n) is 21.0. The maximum absolute atomic E-state index is 15.0. The van der Waals surface area contributed by atoms with E-state index in [4.69, 9.17) is 4.74 Å². The van der Waals surface area contributed by atoms with Gasteiger partial charge in [-0.2, -0.15) is 15.1 Å². The van der Waals surface area contributed by atoms with Gasteiger partial charge in [-0.05, 0) is 38.9 Å². The summed E-state index contributed by atoms with van der Waals surface area (Å²) in [5, 5.41) is 10.3. The maximum atomic E-state index is 15.0. The Morgan fingerprint density at radius 1 is 1.17 bits per heavy atom. The first-order valence-electron chi connectivity index (χ1n) is 12.0. The number of nitrogens with zero attached hydrogens (tertiary/aromatic N) is 5. The Balaban J connectivity index is 1.61. The van der Waals surface area contributed by atoms with Gasteiger partial charge in [0, 0.05) is 61.5 Å². The zero-order valence-corrected chi connectivity index (χ0v) is 21.0. The van der Waals surface area contributed by atoms with E-state index in [1.165, 1.54) is 6.08 Å². The minimum Gasteiger partial charge on any atom is -0.433 e. The first-order valence-corrected chi connectivity index (χ1v) is 12.0. The van der Waals surface area contributed by atoms with E-state index >= 15 is 0 Å². The summed E-state index contributed by atoms with van der Waals surface area (Å²) in [5.74, 6) is -0.0796. The van der Waals surface area contributed by atoms with Gasteiger partial charge in [-0.3, -0.25) is 5.10 Å². The van der Waals surface area contributed by atoms with Crippen LogP contribution in [-0.4, -0.2) is 63.3 Å². The lowest BCUT2D eigenvalue weighted by Crippen LogP contribution is -2.44. The highest BCUT2D eigenvalue weighted by atomic mass is 19.1. The molecule has 0 radical (unpaired) electrons. The number of H-pyrrole nitrogens is 2. The van der Waals surface area contributed by atoms with Crippen LogP contribution in [0.4, 0.5) is 26.4 Å². The van der Waals surface area contributed by atoms with Crippen molar-refractivity contribution in [2.45, 2.75) is 33.6 Å². The molecule has 1 fully saturated rings. The lowest BCUT2D eigenvalue weighted by Gasteiger charge is -2.33. The smallest absolute Gasteiger partial charge is 0.233 e. The number of halogens is 2. The highest BCUT2D eigenvalue weighted by Crippen LogP contribution is 2.27. The van der Waals surface area contributed by atoms with Crippen LogP contribution in [0.3, 0.4) is 0 Å². The Kier molecular flexibility index (Phi) is 7.99. The van der Waals surface area contributed by atoms with Gasteiger partial charge in [-0.15, -0.1) is 0 Å². The second kappa shape index (κ2) is 11.3. The summed E-state index contributed by atoms with van der Waals surface area (Å²) in [5.41, 5.74) is 3.24. The van der Waals surface area contributed by atoms with Crippen LogP contribution in [-0.2, 0) is 6.42 Å². The van der Waals surface area contributed by atoms with Gasteiger partial charge in [0.15, 0.2) is 17.4 Å². The number of piperazine rings is 1. The summed E-state index contributed by atoms with van der Waals surface area (Å²) in [7, 11) is 2.06. The van der Waals surface area contributed by atoms with E-state index in [0.29, 0.717) is 17.3 Å². The first-order chi connectivity index (χ1) is 17.3. The Morgan fingerprint density at radius 3 is 2.61 bits per heavy atom. The highest BCUT2D eigenvalue weighted by Gasteiger charge is 2.20. The van der Waals surface area contributed by atoms with Crippen LogP contribution >= 0.6 is 0 Å². The summed E-state index contributed by atoms with van der Waals surface area (Å²) in [6.07, 6.45) is 3.14. The molecular formula is C25H32F2N8O. The number of rotatable bonds is 9. The number of allylic oxidation sites excluding steroid dienone is 1. The van der Waals surface area contributed by atoms with Gasteiger partial charge >= 0.3 is 0 Å². The average Bonchev–Trinajstić information content (AvgIpc) is 3.42. The van der Waals surface area contributed by atoms with Crippen molar-refractivity contribution in [2.24, 2.45) is 0 Å². The number of aromatic amines is 2. The van der Waals surface area contributed by atoms with E-state index in [2.05, 4.69) is 54.2 Å². The number of likely N-dealkylation sites (N-methyl/N-ethyl adjacent to an activating group) is 1. The molecule has 3 aromatic heterocycles. The lowest BCUT2D eigenvalue weighted by atomic mass is 10.2. The molecule has 0 bridgehead atoms. The Labute approximate surface area is 209 Å². The van der Waals surface area contributed by atoms with Gasteiger partial charge in [0.2, 0.25) is 11.8 Å². The third kappa shape index (κ3) is 6.28. The second-order valence-electron chi connectivity index (χ2n) is 8.95. The highest BCUT2D eigenvalue weighted by molar-refractivity contribution is 5.57. The molecule has 0 saturated carbocycles. The molecule has 11 heteroatoms. The first kappa shape index (κ1) is 25.4. The molecular weight excluding hydrogens is 466 g/mol. The van der Waals surface area contributed by atoms with Gasteiger partial charge in [0.1, 0.15) is 12.1 Å². The monoisotopic (exact) mass is 498 g/mol. The topological polar surface area (TPSA) is 98.0 Å². The molecule has 1 aliphatic heterocycles. The van der Waals surface area contributed by atoms with Crippen molar-refractivity contribution in [1.29, 1.82) is 0 Å². The van der Waals surface area contributed by atoms with Crippen LogP contribution in [0.1, 0.15) is 36.0 Å². The van der Waals surface area contributed by atoms with Crippen molar-refractivity contribution in [3.05, 3.63) is 58.8 Å². The number of hydrogen-bond donors (Lipinski definition) is 3. The molecule has 9 nitrogen and oxygen atoms in total. The fourth-order valence-electron chi connectivity index (χ4n) is 3.99. The maximum Gasteiger partial charge on any atom is 0.233 e. The van der Waals surface area contributed by atoms with Crippen LogP contribution in [0.2, 0.25) is 0 Å². The molecule has 0 atom stereocenters. The minimum absolute atomic E-state index is 0.0117. The molecule has 1 aliphatic rings. The van der Waals surface area contributed by atoms with Gasteiger partial charge < -0.3 is 24.8 Å². The molecule has 36 heavy (non-hydrogen) atoms. The largest absolute Gasteiger partial charge is 0.433 e. The zero-order chi connectivity index (χ0) is 25.7. The molecule has 0 unspecified atom stereocenters. The van der Waals surface area contributed by atoms with Crippen LogP contribution in [0.25, 0.3) is 6.08 Å². The van der Waals surface area contributed by atoms with Crippen molar-refractivity contribution >= 4 is 23.7 Å². The minimum atomic E-state index is -0.867. The quantitative estimate of drug-likeness (QED) is 0.288. The summed E-state index contributed by atoms with van der Waals surface area (Å²) in [4.78, 5) is 16.3. The molecule has 0 aliphatic carbocycles. The summed E-state index contributed by atoms with van der Waals surface area (Å²) in [6.45, 7) is 9.03. The number of ether oxygens (including phenoxy) is 1. The Morgan fingerprint density at radius 2 is 1.94 bits per heavy atom. The molecule has 0 aromatic carbocycles. The molecule has 0 spiro atoms. The molecule has 0 amide bonds. The molecule has 4 rings (SSSR count). The van der Waals surface area contributed by atoms with E-state index in [-0.39, 0.29) is 18.2 Å². The van der Waals surface area contributed by atoms with E-state index in [1.54, 1.807) is 6.07 Å². The number of hydrogen-bond acceptors (Lipinski definition) is 7. The lowest BCUT2D eigenvalue weighted by molar-refractivity contribution is 0.311. The normalized spacial score (nSPS) is 15.4. The molecule has 3 N–H and O–H groups in total. The van der Waals surface area contributed by atoms with E-state index < -0.39 is 11.6 Å². The predicted molar refractivity (Wildman–Crippen MR) is 137 cm³/mol. The summed E-state index contributed by atoms with van der Waals surface area (Å²) in [6, 6.07) is 5.35. The third-order valence-corrected chi connectivity index (χ3v) is 5.92. The predicted octanol–water partition coefficient (Wildman–Crippen LogP) is 4.79. The fraction of sp³-hybridized carbons (Fsp3) is 0.400. The van der Waals surface area contributed by atoms with Crippen LogP contribution < -0.4 is 15.0 Å². The number of anilines is 3. The van der Waals surface area contributed by atoms with Crippen molar-refractivity contribution in [2.75, 3.05) is 43.4 Å². The van der Waals surface area contributed by atoms with Crippen LogP contribution in [0, 0.1) is 13.8 Å². The third-order valence-electron chi connectivity index (χ3n) is 5.92.